The molecular formula is C24H24ClF4N5O. The molecule has 4 rings (SSSR count). The topological polar surface area (TPSA) is 78.9 Å². The summed E-state index contributed by atoms with van der Waals surface area (Å²) in [4.78, 5) is 20.5. The first-order valence-electron chi connectivity index (χ1n) is 11.2. The summed E-state index contributed by atoms with van der Waals surface area (Å²) >= 11 is 6.09. The van der Waals surface area contributed by atoms with Gasteiger partial charge in [-0.3, -0.25) is 4.79 Å². The first-order chi connectivity index (χ1) is 16.7. The average molecular weight is 510 g/mol. The molecule has 0 radical (unpaired) electrons. The summed E-state index contributed by atoms with van der Waals surface area (Å²) in [7, 11) is 0. The van der Waals surface area contributed by atoms with Gasteiger partial charge in [0.25, 0.3) is 5.91 Å². The van der Waals surface area contributed by atoms with E-state index in [-0.39, 0.29) is 30.1 Å². The van der Waals surface area contributed by atoms with E-state index in [1.54, 1.807) is 18.2 Å². The van der Waals surface area contributed by atoms with Crippen LogP contribution in [0.2, 0.25) is 5.02 Å². The van der Waals surface area contributed by atoms with Crippen LogP contribution in [0, 0.1) is 0 Å². The molecule has 2 heterocycles. The van der Waals surface area contributed by atoms with Crippen molar-refractivity contribution in [3.63, 3.8) is 0 Å². The largest absolute Gasteiger partial charge is 0.433 e. The lowest BCUT2D eigenvalue weighted by molar-refractivity contribution is -0.140. The number of fused-ring (bicyclic) bond motifs is 1. The van der Waals surface area contributed by atoms with E-state index in [0.717, 1.165) is 25.3 Å². The number of halogens is 5. The number of nitrogens with zero attached hydrogens (tertiary/aromatic N) is 2. The van der Waals surface area contributed by atoms with Crippen LogP contribution in [-0.2, 0) is 6.18 Å². The van der Waals surface area contributed by atoms with E-state index in [9.17, 15) is 22.4 Å². The van der Waals surface area contributed by atoms with Crippen LogP contribution in [-0.4, -0.2) is 41.2 Å². The molecule has 0 aliphatic heterocycles. The zero-order chi connectivity index (χ0) is 25.0. The number of rotatable bonds is 7. The van der Waals surface area contributed by atoms with Crippen LogP contribution in [0.3, 0.4) is 0 Å². The minimum absolute atomic E-state index is 0.137. The molecule has 3 aromatic rings. The Balaban J connectivity index is 1.46. The fourth-order valence-electron chi connectivity index (χ4n) is 4.21. The summed E-state index contributed by atoms with van der Waals surface area (Å²) in [5, 5.41) is 9.91. The predicted octanol–water partition coefficient (Wildman–Crippen LogP) is 5.84. The Hall–Kier alpha value is -3.14. The second-order valence-corrected chi connectivity index (χ2v) is 8.88. The molecule has 1 aromatic carbocycles. The average Bonchev–Trinajstić information content (AvgIpc) is 2.83. The predicted molar refractivity (Wildman–Crippen MR) is 128 cm³/mol. The molecule has 0 bridgehead atoms. The molecule has 3 N–H and O–H groups in total. The summed E-state index contributed by atoms with van der Waals surface area (Å²) in [5.74, 6) is 0.185. The van der Waals surface area contributed by atoms with E-state index in [4.69, 9.17) is 11.6 Å². The van der Waals surface area contributed by atoms with E-state index in [0.29, 0.717) is 33.9 Å². The third-order valence-corrected chi connectivity index (χ3v) is 6.09. The molecule has 11 heteroatoms. The van der Waals surface area contributed by atoms with Crippen LogP contribution in [0.5, 0.6) is 0 Å². The van der Waals surface area contributed by atoms with Crippen LogP contribution >= 0.6 is 11.6 Å². The number of nitrogens with one attached hydrogen (secondary N) is 3. The van der Waals surface area contributed by atoms with Gasteiger partial charge in [-0.1, -0.05) is 11.6 Å². The van der Waals surface area contributed by atoms with Crippen molar-refractivity contribution < 1.29 is 22.4 Å². The van der Waals surface area contributed by atoms with Gasteiger partial charge in [0.2, 0.25) is 0 Å². The Bertz CT molecular complexity index is 1190. The molecule has 1 aliphatic carbocycles. The van der Waals surface area contributed by atoms with Crippen LogP contribution in [0.1, 0.15) is 41.7 Å². The molecule has 6 nitrogen and oxygen atoms in total. The van der Waals surface area contributed by atoms with Gasteiger partial charge in [0.15, 0.2) is 0 Å². The van der Waals surface area contributed by atoms with E-state index < -0.39 is 18.5 Å². The van der Waals surface area contributed by atoms with Crippen molar-refractivity contribution in [2.45, 2.75) is 43.9 Å². The van der Waals surface area contributed by atoms with Crippen LogP contribution in [0.25, 0.3) is 10.9 Å². The summed E-state index contributed by atoms with van der Waals surface area (Å²) in [6, 6.07) is 8.47. The van der Waals surface area contributed by atoms with Crippen molar-refractivity contribution in [3.05, 3.63) is 58.9 Å². The number of hydrogen-bond donors (Lipinski definition) is 3. The van der Waals surface area contributed by atoms with E-state index in [1.807, 2.05) is 0 Å². The molecule has 2 atom stereocenters. The normalized spacial score (nSPS) is 18.3. The lowest BCUT2D eigenvalue weighted by atomic mass is 9.90. The van der Waals surface area contributed by atoms with Gasteiger partial charge < -0.3 is 16.0 Å². The maximum Gasteiger partial charge on any atom is 0.433 e. The van der Waals surface area contributed by atoms with Crippen molar-refractivity contribution in [2.75, 3.05) is 23.9 Å². The zero-order valence-corrected chi connectivity index (χ0v) is 19.4. The number of anilines is 2. The Kier molecular flexibility index (Phi) is 7.59. The number of carbonyl (C=O) groups excluding carboxylic acids is 1. The van der Waals surface area contributed by atoms with Crippen LogP contribution < -0.4 is 16.0 Å². The molecule has 0 saturated heterocycles. The lowest BCUT2D eigenvalue weighted by Crippen LogP contribution is -2.41. The highest BCUT2D eigenvalue weighted by molar-refractivity contribution is 6.31. The number of carbonyl (C=O) groups is 1. The Morgan fingerprint density at radius 3 is 2.63 bits per heavy atom. The van der Waals surface area contributed by atoms with Crippen molar-refractivity contribution in [3.8, 4) is 0 Å². The smallest absolute Gasteiger partial charge is 0.382 e. The van der Waals surface area contributed by atoms with Gasteiger partial charge >= 0.3 is 6.18 Å². The quantitative estimate of drug-likeness (QED) is 0.349. The molecule has 1 amide bonds. The number of aromatic nitrogens is 2. The lowest BCUT2D eigenvalue weighted by Gasteiger charge is -2.31. The van der Waals surface area contributed by atoms with E-state index >= 15 is 0 Å². The Labute approximate surface area is 204 Å². The fraction of sp³-hybridized carbons (Fsp3) is 0.375. The first kappa shape index (κ1) is 25.0. The number of benzene rings is 1. The van der Waals surface area contributed by atoms with E-state index in [1.165, 1.54) is 18.3 Å². The van der Waals surface area contributed by atoms with Gasteiger partial charge in [-0.2, -0.15) is 13.2 Å². The number of pyridine rings is 2. The number of hydrogen-bond acceptors (Lipinski definition) is 5. The second-order valence-electron chi connectivity index (χ2n) is 8.44. The van der Waals surface area contributed by atoms with Gasteiger partial charge in [-0.25, -0.2) is 14.4 Å². The van der Waals surface area contributed by atoms with Gasteiger partial charge in [0.1, 0.15) is 18.2 Å². The molecule has 1 fully saturated rings. The zero-order valence-electron chi connectivity index (χ0n) is 18.6. The molecular weight excluding hydrogens is 486 g/mol. The molecule has 186 valence electrons. The van der Waals surface area contributed by atoms with Gasteiger partial charge in [-0.05, 0) is 62.1 Å². The highest BCUT2D eigenvalue weighted by atomic mass is 35.5. The van der Waals surface area contributed by atoms with Gasteiger partial charge in [-0.15, -0.1) is 0 Å². The SMILES string of the molecule is O=C(N[C@@H]1CCC[C@H](Nc2cc(C(F)(F)F)nc3ccc(Cl)cc23)C1)c1ccc(NCCF)nc1. The highest BCUT2D eigenvalue weighted by Crippen LogP contribution is 2.35. The van der Waals surface area contributed by atoms with Crippen LogP contribution in [0.4, 0.5) is 29.1 Å². The third-order valence-electron chi connectivity index (χ3n) is 5.86. The summed E-state index contributed by atoms with van der Waals surface area (Å²) in [6.45, 7) is -0.390. The minimum atomic E-state index is -4.59. The molecule has 0 unspecified atom stereocenters. The Morgan fingerprint density at radius 1 is 1.11 bits per heavy atom. The maximum atomic E-state index is 13.4. The molecule has 35 heavy (non-hydrogen) atoms. The number of amides is 1. The summed E-state index contributed by atoms with van der Waals surface area (Å²) in [6.07, 6.45) is -0.332. The monoisotopic (exact) mass is 509 g/mol. The van der Waals surface area contributed by atoms with Gasteiger partial charge in [0.05, 0.1) is 11.1 Å². The first-order valence-corrected chi connectivity index (χ1v) is 11.6. The standard InChI is InChI=1S/C24H24ClF4N5O/c25-15-5-6-19-18(10-15)20(12-21(34-19)24(27,28)29)32-16-2-1-3-17(11-16)33-23(35)14-4-7-22(31-13-14)30-9-8-26/h4-7,10,12-13,16-17H,1-3,8-9,11H2,(H,30,31)(H,32,34)(H,33,35)/t16-,17+/m0/s1. The fourth-order valence-corrected chi connectivity index (χ4v) is 4.38. The van der Waals surface area contributed by atoms with Crippen molar-refractivity contribution in [1.29, 1.82) is 0 Å². The van der Waals surface area contributed by atoms with Crippen LogP contribution in [0.15, 0.2) is 42.6 Å². The number of alkyl halides is 4. The maximum absolute atomic E-state index is 13.4. The van der Waals surface area contributed by atoms with E-state index in [2.05, 4.69) is 25.9 Å². The minimum Gasteiger partial charge on any atom is -0.382 e. The van der Waals surface area contributed by atoms with Gasteiger partial charge in [0, 0.05) is 40.9 Å². The highest BCUT2D eigenvalue weighted by Gasteiger charge is 2.34. The molecule has 1 saturated carbocycles. The summed E-state index contributed by atoms with van der Waals surface area (Å²) < 4.78 is 52.5. The second kappa shape index (κ2) is 10.6. The molecule has 2 aromatic heterocycles. The molecule has 1 aliphatic rings. The van der Waals surface area contributed by atoms with Crippen molar-refractivity contribution >= 4 is 39.9 Å². The van der Waals surface area contributed by atoms with Crippen molar-refractivity contribution in [2.24, 2.45) is 0 Å². The Morgan fingerprint density at radius 2 is 1.91 bits per heavy atom. The summed E-state index contributed by atoms with van der Waals surface area (Å²) in [5.41, 5.74) is -0.102. The third kappa shape index (κ3) is 6.30. The van der Waals surface area contributed by atoms with Crippen molar-refractivity contribution in [1.82, 2.24) is 15.3 Å². The molecule has 0 spiro atoms.